The molecule has 0 atom stereocenters. The molecule has 1 aromatic heterocycles. The van der Waals surface area contributed by atoms with Crippen LogP contribution in [0.2, 0.25) is 0 Å². The number of benzene rings is 1. The summed E-state index contributed by atoms with van der Waals surface area (Å²) in [6.07, 6.45) is 4.43. The van der Waals surface area contributed by atoms with E-state index in [4.69, 9.17) is 4.74 Å². The van der Waals surface area contributed by atoms with Crippen LogP contribution in [0.25, 0.3) is 0 Å². The summed E-state index contributed by atoms with van der Waals surface area (Å²) in [5, 5.41) is 3.56. The lowest BCUT2D eigenvalue weighted by atomic mass is 9.95. The Bertz CT molecular complexity index is 752. The molecule has 0 spiro atoms. The maximum absolute atomic E-state index is 5.56. The average Bonchev–Trinajstić information content (AvgIpc) is 3.32. The van der Waals surface area contributed by atoms with Crippen LogP contribution in [0.3, 0.4) is 0 Å². The number of hydrogen-bond donors (Lipinski definition) is 1. The largest absolute Gasteiger partial charge is 0.496 e. The first-order chi connectivity index (χ1) is 12.1. The van der Waals surface area contributed by atoms with Gasteiger partial charge < -0.3 is 19.5 Å². The van der Waals surface area contributed by atoms with Gasteiger partial charge in [-0.15, -0.1) is 24.0 Å². The molecule has 1 aliphatic carbocycles. The van der Waals surface area contributed by atoms with E-state index < -0.39 is 0 Å². The molecule has 5 nitrogen and oxygen atoms in total. The van der Waals surface area contributed by atoms with Gasteiger partial charge in [-0.2, -0.15) is 0 Å². The number of hydrogen-bond acceptors (Lipinski definition) is 2. The Balaban J connectivity index is 0.00000243. The first-order valence-electron chi connectivity index (χ1n) is 8.75. The average molecular weight is 468 g/mol. The number of nitrogens with zero attached hydrogens (tertiary/aromatic N) is 3. The molecule has 1 aromatic carbocycles. The van der Waals surface area contributed by atoms with E-state index in [-0.39, 0.29) is 29.4 Å². The summed E-state index contributed by atoms with van der Waals surface area (Å²) in [7, 11) is 7.73. The first-order valence-corrected chi connectivity index (χ1v) is 8.75. The minimum Gasteiger partial charge on any atom is -0.496 e. The number of aromatic nitrogens is 1. The van der Waals surface area contributed by atoms with E-state index in [1.54, 1.807) is 7.11 Å². The number of rotatable bonds is 6. The van der Waals surface area contributed by atoms with Crippen LogP contribution >= 0.6 is 24.0 Å². The monoisotopic (exact) mass is 468 g/mol. The van der Waals surface area contributed by atoms with Crippen molar-refractivity contribution in [2.45, 2.75) is 24.8 Å². The maximum Gasteiger partial charge on any atom is 0.193 e. The highest BCUT2D eigenvalue weighted by molar-refractivity contribution is 14.0. The number of methoxy groups -OCH3 is 1. The molecule has 0 bridgehead atoms. The lowest BCUT2D eigenvalue weighted by molar-refractivity contribution is 0.402. The van der Waals surface area contributed by atoms with Gasteiger partial charge in [-0.3, -0.25) is 4.99 Å². The van der Waals surface area contributed by atoms with Crippen LogP contribution in [0.5, 0.6) is 5.75 Å². The standard InChI is InChI=1S/C20H28N4O.HI/c1-21-19(24(3)14-16-8-7-13-23(16)2)22-15-20(11-12-20)17-9-5-6-10-18(17)25-4;/h5-10,13H,11-12,14-15H2,1-4H3,(H,21,22);1H. The minimum atomic E-state index is 0. The molecule has 142 valence electrons. The predicted molar refractivity (Wildman–Crippen MR) is 118 cm³/mol. The first kappa shape index (κ1) is 20.6. The van der Waals surface area contributed by atoms with Crippen LogP contribution in [-0.4, -0.2) is 43.2 Å². The van der Waals surface area contributed by atoms with Gasteiger partial charge >= 0.3 is 0 Å². The zero-order chi connectivity index (χ0) is 17.9. The maximum atomic E-state index is 5.56. The van der Waals surface area contributed by atoms with Crippen LogP contribution in [-0.2, 0) is 19.0 Å². The Morgan fingerprint density at radius 1 is 1.27 bits per heavy atom. The van der Waals surface area contributed by atoms with Gasteiger partial charge in [0, 0.05) is 50.6 Å². The van der Waals surface area contributed by atoms with Crippen molar-refractivity contribution in [1.29, 1.82) is 0 Å². The number of aliphatic imine (C=N–C) groups is 1. The number of ether oxygens (including phenoxy) is 1. The normalized spacial score (nSPS) is 15.2. The summed E-state index contributed by atoms with van der Waals surface area (Å²) < 4.78 is 7.70. The zero-order valence-electron chi connectivity index (χ0n) is 16.0. The quantitative estimate of drug-likeness (QED) is 0.402. The van der Waals surface area contributed by atoms with Gasteiger partial charge in [0.05, 0.1) is 13.7 Å². The molecule has 1 heterocycles. The highest BCUT2D eigenvalue weighted by Crippen LogP contribution is 2.50. The fraction of sp³-hybridized carbons (Fsp3) is 0.450. The fourth-order valence-electron chi connectivity index (χ4n) is 3.39. The highest BCUT2D eigenvalue weighted by Gasteiger charge is 2.46. The molecule has 6 heteroatoms. The molecule has 1 saturated carbocycles. The third-order valence-electron chi connectivity index (χ3n) is 5.14. The van der Waals surface area contributed by atoms with Gasteiger partial charge in [0.25, 0.3) is 0 Å². The molecule has 3 rings (SSSR count). The Kier molecular flexibility index (Phi) is 6.97. The van der Waals surface area contributed by atoms with Gasteiger partial charge in [0.15, 0.2) is 5.96 Å². The van der Waals surface area contributed by atoms with E-state index >= 15 is 0 Å². The second-order valence-corrected chi connectivity index (χ2v) is 6.85. The molecule has 0 radical (unpaired) electrons. The highest BCUT2D eigenvalue weighted by atomic mass is 127. The predicted octanol–water partition coefficient (Wildman–Crippen LogP) is 3.39. The van der Waals surface area contributed by atoms with E-state index in [2.05, 4.69) is 64.3 Å². The third kappa shape index (κ3) is 4.34. The van der Waals surface area contributed by atoms with E-state index in [1.807, 2.05) is 19.2 Å². The smallest absolute Gasteiger partial charge is 0.193 e. The molecule has 1 N–H and O–H groups in total. The number of guanidine groups is 1. The molecular weight excluding hydrogens is 439 g/mol. The van der Waals surface area contributed by atoms with Crippen molar-refractivity contribution in [2.75, 3.05) is 27.7 Å². The van der Waals surface area contributed by atoms with Crippen LogP contribution in [0.1, 0.15) is 24.1 Å². The van der Waals surface area contributed by atoms with E-state index in [0.29, 0.717) is 0 Å². The van der Waals surface area contributed by atoms with Crippen molar-refractivity contribution in [3.05, 3.63) is 53.9 Å². The SMILES string of the molecule is CN=C(NCC1(c2ccccc2OC)CC1)N(C)Cc1cccn1C.I. The molecule has 0 amide bonds. The van der Waals surface area contributed by atoms with Crippen LogP contribution in [0.4, 0.5) is 0 Å². The minimum absolute atomic E-state index is 0. The van der Waals surface area contributed by atoms with Crippen LogP contribution in [0, 0.1) is 0 Å². The lowest BCUT2D eigenvalue weighted by Crippen LogP contribution is -2.42. The third-order valence-corrected chi connectivity index (χ3v) is 5.14. The summed E-state index contributed by atoms with van der Waals surface area (Å²) >= 11 is 0. The number of nitrogens with one attached hydrogen (secondary N) is 1. The molecule has 2 aromatic rings. The van der Waals surface area contributed by atoms with Crippen molar-refractivity contribution >= 4 is 29.9 Å². The molecule has 0 saturated heterocycles. The summed E-state index contributed by atoms with van der Waals surface area (Å²) in [6.45, 7) is 1.70. The molecule has 26 heavy (non-hydrogen) atoms. The molecule has 0 unspecified atom stereocenters. The van der Waals surface area contributed by atoms with Gasteiger partial charge in [-0.05, 0) is 31.0 Å². The molecular formula is C20H29IN4O. The second kappa shape index (κ2) is 8.79. The second-order valence-electron chi connectivity index (χ2n) is 6.85. The molecule has 1 aliphatic rings. The van der Waals surface area contributed by atoms with E-state index in [9.17, 15) is 0 Å². The Hall–Kier alpha value is -1.70. The topological polar surface area (TPSA) is 41.8 Å². The van der Waals surface area contributed by atoms with Crippen molar-refractivity contribution < 1.29 is 4.74 Å². The van der Waals surface area contributed by atoms with Crippen molar-refractivity contribution in [2.24, 2.45) is 12.0 Å². The summed E-state index contributed by atoms with van der Waals surface area (Å²) in [6, 6.07) is 12.6. The number of para-hydroxylation sites is 1. The number of aryl methyl sites for hydroxylation is 1. The van der Waals surface area contributed by atoms with Crippen molar-refractivity contribution in [3.8, 4) is 5.75 Å². The summed E-state index contributed by atoms with van der Waals surface area (Å²) in [5.74, 6) is 1.90. The van der Waals surface area contributed by atoms with Gasteiger partial charge in [0.2, 0.25) is 0 Å². The van der Waals surface area contributed by atoms with E-state index in [1.165, 1.54) is 24.1 Å². The van der Waals surface area contributed by atoms with Gasteiger partial charge in [0.1, 0.15) is 5.75 Å². The van der Waals surface area contributed by atoms with Crippen molar-refractivity contribution in [3.63, 3.8) is 0 Å². The van der Waals surface area contributed by atoms with E-state index in [0.717, 1.165) is 24.8 Å². The van der Waals surface area contributed by atoms with Crippen molar-refractivity contribution in [1.82, 2.24) is 14.8 Å². The summed E-state index contributed by atoms with van der Waals surface area (Å²) in [4.78, 5) is 6.62. The number of halogens is 1. The van der Waals surface area contributed by atoms with Gasteiger partial charge in [-0.1, -0.05) is 18.2 Å². The Labute approximate surface area is 173 Å². The Morgan fingerprint density at radius 2 is 2.00 bits per heavy atom. The lowest BCUT2D eigenvalue weighted by Gasteiger charge is -2.25. The zero-order valence-corrected chi connectivity index (χ0v) is 18.4. The van der Waals surface area contributed by atoms with Gasteiger partial charge in [-0.25, -0.2) is 0 Å². The molecule has 1 fully saturated rings. The molecule has 0 aliphatic heterocycles. The van der Waals surface area contributed by atoms with Crippen LogP contribution < -0.4 is 10.1 Å². The van der Waals surface area contributed by atoms with Crippen LogP contribution in [0.15, 0.2) is 47.6 Å². The Morgan fingerprint density at radius 3 is 2.58 bits per heavy atom. The summed E-state index contributed by atoms with van der Waals surface area (Å²) in [5.41, 5.74) is 2.72. The fourth-order valence-corrected chi connectivity index (χ4v) is 3.39.